The average Bonchev–Trinajstić information content (AvgIpc) is 3.65. The number of halogens is 2. The first-order valence-corrected chi connectivity index (χ1v) is 13.6. The standard InChI is InChI=1S/C29H33F2N7O2/c1-28(2,39)29(3,40)25-13-23-24(15-32-25)35-27(26(34-23)19-14-33-38(17-19)21-6-7-21)37-10-8-36(9-11-37)16-18-4-5-20(30)12-22(18)31/h4-5,12-15,17,21,39-40H,6-11,16H2,1-3H3/t29-/m1/s1. The molecule has 4 heterocycles. The molecule has 11 heteroatoms. The van der Waals surface area contributed by atoms with Crippen LogP contribution in [0.25, 0.3) is 22.3 Å². The number of rotatable bonds is 7. The van der Waals surface area contributed by atoms with Gasteiger partial charge in [-0.2, -0.15) is 5.10 Å². The Balaban J connectivity index is 1.32. The molecule has 1 saturated carbocycles. The largest absolute Gasteiger partial charge is 0.387 e. The van der Waals surface area contributed by atoms with Crippen LogP contribution in [0.5, 0.6) is 0 Å². The van der Waals surface area contributed by atoms with Gasteiger partial charge in [0.15, 0.2) is 5.82 Å². The highest BCUT2D eigenvalue weighted by molar-refractivity contribution is 5.83. The molecule has 2 aliphatic rings. The molecule has 3 aromatic heterocycles. The van der Waals surface area contributed by atoms with Crippen molar-refractivity contribution >= 4 is 16.9 Å². The fourth-order valence-electron chi connectivity index (χ4n) is 4.95. The van der Waals surface area contributed by atoms with Crippen LogP contribution in [0.2, 0.25) is 0 Å². The van der Waals surface area contributed by atoms with E-state index in [-0.39, 0.29) is 0 Å². The molecule has 0 bridgehead atoms. The molecule has 210 valence electrons. The Bertz CT molecular complexity index is 1550. The normalized spacial score (nSPS) is 18.3. The topological polar surface area (TPSA) is 103 Å². The summed E-state index contributed by atoms with van der Waals surface area (Å²) in [5.41, 5.74) is 0.396. The van der Waals surface area contributed by atoms with Crippen molar-refractivity contribution in [2.24, 2.45) is 0 Å². The summed E-state index contributed by atoms with van der Waals surface area (Å²) in [6.45, 7) is 7.63. The van der Waals surface area contributed by atoms with E-state index in [0.717, 1.165) is 24.5 Å². The Morgan fingerprint density at radius 2 is 1.70 bits per heavy atom. The molecule has 9 nitrogen and oxygen atoms in total. The lowest BCUT2D eigenvalue weighted by Gasteiger charge is -2.36. The van der Waals surface area contributed by atoms with E-state index in [1.165, 1.54) is 32.9 Å². The van der Waals surface area contributed by atoms with Crippen molar-refractivity contribution in [3.63, 3.8) is 0 Å². The van der Waals surface area contributed by atoms with Crippen molar-refractivity contribution in [1.29, 1.82) is 0 Å². The first kappa shape index (κ1) is 26.7. The van der Waals surface area contributed by atoms with Gasteiger partial charge in [-0.15, -0.1) is 0 Å². The zero-order valence-electron chi connectivity index (χ0n) is 22.8. The number of aliphatic hydroxyl groups is 2. The SMILES string of the molecule is CC(C)(O)[C@](C)(O)c1cc2nc(-c3cnn(C4CC4)c3)c(N3CCN(Cc4ccc(F)cc4F)CC3)nc2cn1. The predicted molar refractivity (Wildman–Crippen MR) is 147 cm³/mol. The van der Waals surface area contributed by atoms with Gasteiger partial charge in [0.05, 0.1) is 35.2 Å². The molecule has 1 saturated heterocycles. The van der Waals surface area contributed by atoms with Gasteiger partial charge >= 0.3 is 0 Å². The molecule has 2 N–H and O–H groups in total. The summed E-state index contributed by atoms with van der Waals surface area (Å²) in [6, 6.07) is 5.79. The van der Waals surface area contributed by atoms with E-state index >= 15 is 0 Å². The number of fused-ring (bicyclic) bond motifs is 1. The quantitative estimate of drug-likeness (QED) is 0.359. The Morgan fingerprint density at radius 3 is 2.38 bits per heavy atom. The number of aromatic nitrogens is 5. The van der Waals surface area contributed by atoms with E-state index in [1.54, 1.807) is 18.5 Å². The summed E-state index contributed by atoms with van der Waals surface area (Å²) in [7, 11) is 0. The van der Waals surface area contributed by atoms with Crippen LogP contribution in [0.1, 0.15) is 50.9 Å². The van der Waals surface area contributed by atoms with Crippen LogP contribution in [-0.2, 0) is 12.1 Å². The monoisotopic (exact) mass is 549 g/mol. The molecule has 6 rings (SSSR count). The van der Waals surface area contributed by atoms with Gasteiger partial charge in [-0.1, -0.05) is 6.07 Å². The van der Waals surface area contributed by atoms with Crippen LogP contribution < -0.4 is 4.90 Å². The number of anilines is 1. The lowest BCUT2D eigenvalue weighted by molar-refractivity contribution is -0.127. The third-order valence-electron chi connectivity index (χ3n) is 8.10. The van der Waals surface area contributed by atoms with Gasteiger partial charge in [-0.25, -0.2) is 18.7 Å². The Morgan fingerprint density at radius 1 is 0.950 bits per heavy atom. The van der Waals surface area contributed by atoms with Gasteiger partial charge in [0.2, 0.25) is 0 Å². The van der Waals surface area contributed by atoms with Gasteiger partial charge in [-0.05, 0) is 45.7 Å². The summed E-state index contributed by atoms with van der Waals surface area (Å²) >= 11 is 0. The maximum Gasteiger partial charge on any atom is 0.156 e. The van der Waals surface area contributed by atoms with Crippen molar-refractivity contribution < 1.29 is 19.0 Å². The van der Waals surface area contributed by atoms with Crippen LogP contribution >= 0.6 is 0 Å². The lowest BCUT2D eigenvalue weighted by Crippen LogP contribution is -2.46. The van der Waals surface area contributed by atoms with E-state index in [2.05, 4.69) is 19.9 Å². The minimum atomic E-state index is -1.60. The van der Waals surface area contributed by atoms with Crippen LogP contribution in [0.3, 0.4) is 0 Å². The van der Waals surface area contributed by atoms with E-state index in [0.29, 0.717) is 72.6 Å². The Kier molecular flexibility index (Phi) is 6.55. The fraction of sp³-hybridized carbons (Fsp3) is 0.448. The zero-order chi connectivity index (χ0) is 28.2. The lowest BCUT2D eigenvalue weighted by atomic mass is 9.84. The zero-order valence-corrected chi connectivity index (χ0v) is 22.8. The molecule has 4 aromatic rings. The number of nitrogens with zero attached hydrogens (tertiary/aromatic N) is 7. The fourth-order valence-corrected chi connectivity index (χ4v) is 4.95. The third-order valence-corrected chi connectivity index (χ3v) is 8.10. The maximum atomic E-state index is 14.2. The number of hydrogen-bond acceptors (Lipinski definition) is 8. The molecule has 2 fully saturated rings. The minimum absolute atomic E-state index is 0.302. The second-order valence-corrected chi connectivity index (χ2v) is 11.5. The first-order valence-electron chi connectivity index (χ1n) is 13.6. The van der Waals surface area contributed by atoms with Crippen LogP contribution in [-0.4, -0.2) is 71.6 Å². The highest BCUT2D eigenvalue weighted by Gasteiger charge is 2.41. The second-order valence-electron chi connectivity index (χ2n) is 11.5. The second kappa shape index (κ2) is 9.83. The van der Waals surface area contributed by atoms with Crippen molar-refractivity contribution in [2.45, 2.75) is 57.4 Å². The van der Waals surface area contributed by atoms with Crippen molar-refractivity contribution in [2.75, 3.05) is 31.1 Å². The molecule has 0 spiro atoms. The molecular weight excluding hydrogens is 516 g/mol. The van der Waals surface area contributed by atoms with Crippen molar-refractivity contribution in [3.05, 3.63) is 65.7 Å². The van der Waals surface area contributed by atoms with Gasteiger partial charge < -0.3 is 15.1 Å². The van der Waals surface area contributed by atoms with Gasteiger partial charge in [0.1, 0.15) is 28.4 Å². The van der Waals surface area contributed by atoms with Crippen molar-refractivity contribution in [1.82, 2.24) is 29.6 Å². The van der Waals surface area contributed by atoms with E-state index in [4.69, 9.17) is 9.97 Å². The summed E-state index contributed by atoms with van der Waals surface area (Å²) in [5, 5.41) is 26.1. The molecule has 0 radical (unpaired) electrons. The van der Waals surface area contributed by atoms with E-state index < -0.39 is 22.8 Å². The number of piperazine rings is 1. The molecule has 1 aromatic carbocycles. The predicted octanol–water partition coefficient (Wildman–Crippen LogP) is 3.80. The number of hydrogen-bond donors (Lipinski definition) is 2. The van der Waals surface area contributed by atoms with Gasteiger partial charge in [0, 0.05) is 56.1 Å². The highest BCUT2D eigenvalue weighted by atomic mass is 19.1. The molecule has 1 aliphatic heterocycles. The summed E-state index contributed by atoms with van der Waals surface area (Å²) in [5.74, 6) is -0.406. The summed E-state index contributed by atoms with van der Waals surface area (Å²) in [4.78, 5) is 18.7. The van der Waals surface area contributed by atoms with Crippen LogP contribution in [0.4, 0.5) is 14.6 Å². The molecule has 0 unspecified atom stereocenters. The first-order chi connectivity index (χ1) is 19.0. The smallest absolute Gasteiger partial charge is 0.156 e. The highest BCUT2D eigenvalue weighted by Crippen LogP contribution is 2.37. The number of pyridine rings is 1. The Hall–Kier alpha value is -3.54. The number of benzene rings is 1. The molecule has 1 atom stereocenters. The summed E-state index contributed by atoms with van der Waals surface area (Å²) < 4.78 is 29.5. The van der Waals surface area contributed by atoms with Crippen LogP contribution in [0.15, 0.2) is 42.9 Å². The van der Waals surface area contributed by atoms with E-state index in [1.807, 2.05) is 10.9 Å². The third kappa shape index (κ3) is 5.04. The van der Waals surface area contributed by atoms with Crippen molar-refractivity contribution in [3.8, 4) is 11.3 Å². The molecule has 40 heavy (non-hydrogen) atoms. The average molecular weight is 550 g/mol. The molecule has 0 amide bonds. The maximum absolute atomic E-state index is 14.2. The Labute approximate surface area is 231 Å². The van der Waals surface area contributed by atoms with E-state index in [9.17, 15) is 19.0 Å². The minimum Gasteiger partial charge on any atom is -0.387 e. The van der Waals surface area contributed by atoms with Gasteiger partial charge in [0.25, 0.3) is 0 Å². The molecule has 1 aliphatic carbocycles. The summed E-state index contributed by atoms with van der Waals surface area (Å²) in [6.07, 6.45) is 7.59. The molecular formula is C29H33F2N7O2. The van der Waals surface area contributed by atoms with Crippen LogP contribution in [0, 0.1) is 11.6 Å². The van der Waals surface area contributed by atoms with Gasteiger partial charge in [-0.3, -0.25) is 14.6 Å².